The molecule has 110 valence electrons. The lowest BCUT2D eigenvalue weighted by Crippen LogP contribution is -2.10. The van der Waals surface area contributed by atoms with Crippen molar-refractivity contribution in [2.45, 2.75) is 39.0 Å². The van der Waals surface area contributed by atoms with Crippen LogP contribution in [0.2, 0.25) is 0 Å². The predicted octanol–water partition coefficient (Wildman–Crippen LogP) is 4.23. The molecule has 1 saturated carbocycles. The number of nitrogens with one attached hydrogen (secondary N) is 2. The number of anilines is 3. The summed E-state index contributed by atoms with van der Waals surface area (Å²) in [7, 11) is 0. The minimum absolute atomic E-state index is 0.545. The summed E-state index contributed by atoms with van der Waals surface area (Å²) in [6, 6.07) is 10.2. The van der Waals surface area contributed by atoms with Crippen molar-refractivity contribution in [1.29, 1.82) is 0 Å². The molecular weight excluding hydrogens is 260 g/mol. The molecule has 1 fully saturated rings. The molecule has 1 aromatic carbocycles. The fraction of sp³-hybridized carbons (Fsp3) is 0.412. The van der Waals surface area contributed by atoms with Gasteiger partial charge in [0.1, 0.15) is 17.5 Å². The third-order valence-corrected chi connectivity index (χ3v) is 3.68. The zero-order valence-corrected chi connectivity index (χ0v) is 12.7. The average Bonchev–Trinajstić information content (AvgIpc) is 3.34. The maximum absolute atomic E-state index is 4.74. The van der Waals surface area contributed by atoms with Crippen molar-refractivity contribution in [3.63, 3.8) is 0 Å². The van der Waals surface area contributed by atoms with Gasteiger partial charge in [-0.05, 0) is 38.3 Å². The summed E-state index contributed by atoms with van der Waals surface area (Å²) >= 11 is 0. The van der Waals surface area contributed by atoms with Gasteiger partial charge in [-0.1, -0.05) is 25.1 Å². The summed E-state index contributed by atoms with van der Waals surface area (Å²) in [5.74, 6) is 3.39. The van der Waals surface area contributed by atoms with E-state index in [4.69, 9.17) is 9.97 Å². The SMILES string of the molecule is CCCNc1nc(C2CC2)nc(Nc2ccccc2)c1C. The average molecular weight is 282 g/mol. The summed E-state index contributed by atoms with van der Waals surface area (Å²) in [6.45, 7) is 5.17. The van der Waals surface area contributed by atoms with Gasteiger partial charge in [-0.25, -0.2) is 9.97 Å². The van der Waals surface area contributed by atoms with Crippen molar-refractivity contribution in [3.05, 3.63) is 41.7 Å². The van der Waals surface area contributed by atoms with E-state index in [0.29, 0.717) is 5.92 Å². The molecule has 21 heavy (non-hydrogen) atoms. The van der Waals surface area contributed by atoms with E-state index in [0.717, 1.165) is 41.7 Å². The predicted molar refractivity (Wildman–Crippen MR) is 87.2 cm³/mol. The van der Waals surface area contributed by atoms with Crippen molar-refractivity contribution < 1.29 is 0 Å². The molecule has 1 aliphatic carbocycles. The van der Waals surface area contributed by atoms with Crippen LogP contribution < -0.4 is 10.6 Å². The number of hydrogen-bond acceptors (Lipinski definition) is 4. The largest absolute Gasteiger partial charge is 0.370 e. The summed E-state index contributed by atoms with van der Waals surface area (Å²) in [5.41, 5.74) is 2.14. The van der Waals surface area contributed by atoms with Crippen LogP contribution in [0.15, 0.2) is 30.3 Å². The second kappa shape index (κ2) is 6.12. The van der Waals surface area contributed by atoms with E-state index >= 15 is 0 Å². The number of nitrogens with zero attached hydrogens (tertiary/aromatic N) is 2. The van der Waals surface area contributed by atoms with E-state index in [2.05, 4.69) is 36.6 Å². The second-order valence-corrected chi connectivity index (χ2v) is 5.60. The molecule has 4 nitrogen and oxygen atoms in total. The van der Waals surface area contributed by atoms with Crippen LogP contribution >= 0.6 is 0 Å². The van der Waals surface area contributed by atoms with E-state index in [1.165, 1.54) is 12.8 Å². The van der Waals surface area contributed by atoms with Gasteiger partial charge in [-0.3, -0.25) is 0 Å². The Balaban J connectivity index is 1.91. The van der Waals surface area contributed by atoms with Crippen molar-refractivity contribution in [1.82, 2.24) is 9.97 Å². The van der Waals surface area contributed by atoms with Gasteiger partial charge in [0.25, 0.3) is 0 Å². The quantitative estimate of drug-likeness (QED) is 0.832. The van der Waals surface area contributed by atoms with Gasteiger partial charge < -0.3 is 10.6 Å². The monoisotopic (exact) mass is 282 g/mol. The summed E-state index contributed by atoms with van der Waals surface area (Å²) in [6.07, 6.45) is 3.51. The zero-order valence-electron chi connectivity index (χ0n) is 12.7. The molecule has 0 spiro atoms. The molecule has 0 radical (unpaired) electrons. The molecule has 3 rings (SSSR count). The van der Waals surface area contributed by atoms with E-state index < -0.39 is 0 Å². The Morgan fingerprint density at radius 2 is 1.81 bits per heavy atom. The Bertz CT molecular complexity index is 606. The first-order valence-corrected chi connectivity index (χ1v) is 7.72. The van der Waals surface area contributed by atoms with Gasteiger partial charge >= 0.3 is 0 Å². The highest BCUT2D eigenvalue weighted by atomic mass is 15.1. The van der Waals surface area contributed by atoms with Gasteiger partial charge in [0.15, 0.2) is 0 Å². The molecule has 0 unspecified atom stereocenters. The number of rotatable bonds is 6. The van der Waals surface area contributed by atoms with E-state index in [1.54, 1.807) is 0 Å². The molecule has 0 saturated heterocycles. The van der Waals surface area contributed by atoms with E-state index in [-0.39, 0.29) is 0 Å². The van der Waals surface area contributed by atoms with Crippen LogP contribution in [0.25, 0.3) is 0 Å². The fourth-order valence-corrected chi connectivity index (χ4v) is 2.25. The number of hydrogen-bond donors (Lipinski definition) is 2. The maximum atomic E-state index is 4.74. The van der Waals surface area contributed by atoms with Crippen LogP contribution in [0.1, 0.15) is 43.5 Å². The second-order valence-electron chi connectivity index (χ2n) is 5.60. The summed E-state index contributed by atoms with van der Waals surface area (Å²) in [4.78, 5) is 9.45. The molecule has 1 aromatic heterocycles. The molecule has 2 aromatic rings. The first kappa shape index (κ1) is 13.9. The van der Waals surface area contributed by atoms with Crippen LogP contribution in [-0.2, 0) is 0 Å². The Hall–Kier alpha value is -2.10. The minimum atomic E-state index is 0.545. The highest BCUT2D eigenvalue weighted by Crippen LogP contribution is 2.39. The number of aromatic nitrogens is 2. The topological polar surface area (TPSA) is 49.8 Å². The lowest BCUT2D eigenvalue weighted by molar-refractivity contribution is 0.902. The van der Waals surface area contributed by atoms with Crippen LogP contribution in [0.4, 0.5) is 17.3 Å². The molecule has 1 aliphatic rings. The van der Waals surface area contributed by atoms with Crippen molar-refractivity contribution in [2.24, 2.45) is 0 Å². The lowest BCUT2D eigenvalue weighted by Gasteiger charge is -2.15. The van der Waals surface area contributed by atoms with Crippen LogP contribution in [0.5, 0.6) is 0 Å². The van der Waals surface area contributed by atoms with Gasteiger partial charge in [-0.2, -0.15) is 0 Å². The standard InChI is InChI=1S/C17H22N4/c1-3-11-18-15-12(2)16(19-14-7-5-4-6-8-14)21-17(20-15)13-9-10-13/h4-8,13H,3,9-11H2,1-2H3,(H2,18,19,20,21). The highest BCUT2D eigenvalue weighted by Gasteiger charge is 2.28. The first-order chi connectivity index (χ1) is 10.3. The Morgan fingerprint density at radius 3 is 2.48 bits per heavy atom. The molecule has 0 amide bonds. The molecule has 0 aliphatic heterocycles. The van der Waals surface area contributed by atoms with Gasteiger partial charge in [0, 0.05) is 23.7 Å². The minimum Gasteiger partial charge on any atom is -0.370 e. The maximum Gasteiger partial charge on any atom is 0.139 e. The molecule has 0 atom stereocenters. The summed E-state index contributed by atoms with van der Waals surface area (Å²) in [5, 5.41) is 6.84. The number of benzene rings is 1. The van der Waals surface area contributed by atoms with Crippen molar-refractivity contribution in [2.75, 3.05) is 17.2 Å². The van der Waals surface area contributed by atoms with Gasteiger partial charge in [-0.15, -0.1) is 0 Å². The molecular formula is C17H22N4. The van der Waals surface area contributed by atoms with Gasteiger partial charge in [0.05, 0.1) is 0 Å². The zero-order chi connectivity index (χ0) is 14.7. The Morgan fingerprint density at radius 1 is 1.10 bits per heavy atom. The lowest BCUT2D eigenvalue weighted by atomic mass is 10.2. The third kappa shape index (κ3) is 3.32. The molecule has 0 bridgehead atoms. The van der Waals surface area contributed by atoms with E-state index in [9.17, 15) is 0 Å². The summed E-state index contributed by atoms with van der Waals surface area (Å²) < 4.78 is 0. The highest BCUT2D eigenvalue weighted by molar-refractivity contribution is 5.64. The normalized spacial score (nSPS) is 14.0. The molecule has 2 N–H and O–H groups in total. The smallest absolute Gasteiger partial charge is 0.139 e. The van der Waals surface area contributed by atoms with E-state index in [1.807, 2.05) is 18.2 Å². The van der Waals surface area contributed by atoms with Crippen LogP contribution in [-0.4, -0.2) is 16.5 Å². The fourth-order valence-electron chi connectivity index (χ4n) is 2.25. The molecule has 1 heterocycles. The van der Waals surface area contributed by atoms with Crippen molar-refractivity contribution >= 4 is 17.3 Å². The molecule has 4 heteroatoms. The Labute approximate surface area is 126 Å². The third-order valence-electron chi connectivity index (χ3n) is 3.68. The van der Waals surface area contributed by atoms with Crippen LogP contribution in [0.3, 0.4) is 0 Å². The first-order valence-electron chi connectivity index (χ1n) is 7.72. The van der Waals surface area contributed by atoms with Crippen molar-refractivity contribution in [3.8, 4) is 0 Å². The number of para-hydroxylation sites is 1. The Kier molecular flexibility index (Phi) is 4.04. The van der Waals surface area contributed by atoms with Gasteiger partial charge in [0.2, 0.25) is 0 Å². The van der Waals surface area contributed by atoms with Crippen LogP contribution in [0, 0.1) is 6.92 Å².